The van der Waals surface area contributed by atoms with Gasteiger partial charge < -0.3 is 15.3 Å². The average molecular weight is 262 g/mol. The molecule has 0 aromatic heterocycles. The van der Waals surface area contributed by atoms with Gasteiger partial charge >= 0.3 is 0 Å². The highest BCUT2D eigenvalue weighted by atomic mass is 16.3. The van der Waals surface area contributed by atoms with Crippen LogP contribution in [0.25, 0.3) is 0 Å². The summed E-state index contributed by atoms with van der Waals surface area (Å²) >= 11 is 0. The number of rotatable bonds is 3. The first-order valence-corrected chi connectivity index (χ1v) is 6.83. The summed E-state index contributed by atoms with van der Waals surface area (Å²) < 4.78 is 0. The second-order valence-electron chi connectivity index (χ2n) is 5.42. The number of nitrogens with zero attached hydrogens (tertiary/aromatic N) is 1. The number of aromatic hydroxyl groups is 1. The van der Waals surface area contributed by atoms with Crippen molar-refractivity contribution < 1.29 is 9.90 Å². The van der Waals surface area contributed by atoms with Gasteiger partial charge in [0.15, 0.2) is 0 Å². The Morgan fingerprint density at radius 2 is 2.32 bits per heavy atom. The lowest BCUT2D eigenvalue weighted by Gasteiger charge is -2.27. The van der Waals surface area contributed by atoms with Gasteiger partial charge in [-0.15, -0.1) is 0 Å². The van der Waals surface area contributed by atoms with E-state index in [9.17, 15) is 9.90 Å². The average Bonchev–Trinajstić information content (AvgIpc) is 2.39. The summed E-state index contributed by atoms with van der Waals surface area (Å²) in [5.41, 5.74) is 1.34. The standard InChI is InChI=1S/C15H22N2O2/c1-11-5-6-13(14(18)8-11)15(19)17(2)10-12-4-3-7-16-9-12/h5-6,8,12,16,18H,3-4,7,9-10H2,1-2H3. The summed E-state index contributed by atoms with van der Waals surface area (Å²) in [5, 5.41) is 13.2. The number of phenols is 1. The predicted octanol–water partition coefficient (Wildman–Crippen LogP) is 1.77. The summed E-state index contributed by atoms with van der Waals surface area (Å²) in [6, 6.07) is 5.18. The molecule has 1 unspecified atom stereocenters. The van der Waals surface area contributed by atoms with Crippen LogP contribution in [0.5, 0.6) is 5.75 Å². The van der Waals surface area contributed by atoms with Crippen LogP contribution in [0.2, 0.25) is 0 Å². The van der Waals surface area contributed by atoms with E-state index in [4.69, 9.17) is 0 Å². The minimum Gasteiger partial charge on any atom is -0.507 e. The Morgan fingerprint density at radius 1 is 1.53 bits per heavy atom. The number of carbonyl (C=O) groups is 1. The lowest BCUT2D eigenvalue weighted by atomic mass is 9.99. The third-order valence-electron chi connectivity index (χ3n) is 3.66. The molecule has 1 aliphatic heterocycles. The Morgan fingerprint density at radius 3 is 2.95 bits per heavy atom. The van der Waals surface area contributed by atoms with Gasteiger partial charge in [-0.2, -0.15) is 0 Å². The smallest absolute Gasteiger partial charge is 0.257 e. The van der Waals surface area contributed by atoms with Gasteiger partial charge in [0.05, 0.1) is 5.56 Å². The van der Waals surface area contributed by atoms with Gasteiger partial charge in [-0.1, -0.05) is 6.07 Å². The van der Waals surface area contributed by atoms with Crippen LogP contribution in [0.1, 0.15) is 28.8 Å². The zero-order valence-electron chi connectivity index (χ0n) is 11.6. The Bertz CT molecular complexity index is 453. The minimum atomic E-state index is -0.108. The van der Waals surface area contributed by atoms with Crippen molar-refractivity contribution in [1.82, 2.24) is 10.2 Å². The van der Waals surface area contributed by atoms with Crippen molar-refractivity contribution in [2.24, 2.45) is 5.92 Å². The van der Waals surface area contributed by atoms with Crippen molar-refractivity contribution in [2.75, 3.05) is 26.7 Å². The van der Waals surface area contributed by atoms with E-state index in [0.29, 0.717) is 11.5 Å². The van der Waals surface area contributed by atoms with Gasteiger partial charge in [-0.25, -0.2) is 0 Å². The van der Waals surface area contributed by atoms with Gasteiger partial charge in [-0.05, 0) is 56.5 Å². The van der Waals surface area contributed by atoms with Crippen LogP contribution in [0, 0.1) is 12.8 Å². The summed E-state index contributed by atoms with van der Waals surface area (Å²) in [7, 11) is 1.80. The van der Waals surface area contributed by atoms with E-state index in [1.807, 2.05) is 13.0 Å². The molecule has 0 saturated carbocycles. The molecule has 1 heterocycles. The first-order valence-electron chi connectivity index (χ1n) is 6.83. The second kappa shape index (κ2) is 6.06. The summed E-state index contributed by atoms with van der Waals surface area (Å²) in [6.07, 6.45) is 2.33. The monoisotopic (exact) mass is 262 g/mol. The van der Waals surface area contributed by atoms with Crippen LogP contribution in [-0.2, 0) is 0 Å². The Labute approximate surface area is 114 Å². The number of amides is 1. The van der Waals surface area contributed by atoms with Crippen LogP contribution in [0.15, 0.2) is 18.2 Å². The number of hydrogen-bond donors (Lipinski definition) is 2. The largest absolute Gasteiger partial charge is 0.507 e. The third kappa shape index (κ3) is 3.47. The van der Waals surface area contributed by atoms with E-state index >= 15 is 0 Å². The van der Waals surface area contributed by atoms with E-state index in [2.05, 4.69) is 5.32 Å². The summed E-state index contributed by atoms with van der Waals surface area (Å²) in [6.45, 7) is 4.68. The number of phenolic OH excluding ortho intramolecular Hbond substituents is 1. The molecule has 1 atom stereocenters. The van der Waals surface area contributed by atoms with Crippen LogP contribution in [0.3, 0.4) is 0 Å². The van der Waals surface area contributed by atoms with Gasteiger partial charge in [-0.3, -0.25) is 4.79 Å². The highest BCUT2D eigenvalue weighted by molar-refractivity contribution is 5.96. The van der Waals surface area contributed by atoms with E-state index in [1.54, 1.807) is 24.1 Å². The molecule has 104 valence electrons. The molecule has 19 heavy (non-hydrogen) atoms. The van der Waals surface area contributed by atoms with Gasteiger partial charge in [0, 0.05) is 13.6 Å². The Kier molecular flexibility index (Phi) is 4.43. The maximum Gasteiger partial charge on any atom is 0.257 e. The Hall–Kier alpha value is -1.55. The van der Waals surface area contributed by atoms with Crippen LogP contribution in [-0.4, -0.2) is 42.6 Å². The van der Waals surface area contributed by atoms with Crippen molar-refractivity contribution in [3.63, 3.8) is 0 Å². The normalized spacial score (nSPS) is 19.2. The molecule has 1 saturated heterocycles. The first kappa shape index (κ1) is 13.9. The van der Waals surface area contributed by atoms with Crippen molar-refractivity contribution >= 4 is 5.91 Å². The fraction of sp³-hybridized carbons (Fsp3) is 0.533. The van der Waals surface area contributed by atoms with E-state index in [-0.39, 0.29) is 11.7 Å². The highest BCUT2D eigenvalue weighted by Crippen LogP contribution is 2.21. The van der Waals surface area contributed by atoms with E-state index in [0.717, 1.165) is 31.6 Å². The molecule has 1 amide bonds. The molecule has 0 aliphatic carbocycles. The van der Waals surface area contributed by atoms with Crippen LogP contribution < -0.4 is 5.32 Å². The molecular weight excluding hydrogens is 240 g/mol. The van der Waals surface area contributed by atoms with Crippen LogP contribution in [0.4, 0.5) is 0 Å². The topological polar surface area (TPSA) is 52.6 Å². The number of piperidine rings is 1. The molecule has 0 spiro atoms. The zero-order chi connectivity index (χ0) is 13.8. The maximum absolute atomic E-state index is 12.3. The summed E-state index contributed by atoms with van der Waals surface area (Å²) in [4.78, 5) is 14.0. The lowest BCUT2D eigenvalue weighted by Crippen LogP contribution is -2.39. The molecule has 4 heteroatoms. The second-order valence-corrected chi connectivity index (χ2v) is 5.42. The molecule has 2 N–H and O–H groups in total. The molecule has 1 aromatic rings. The number of carbonyl (C=O) groups excluding carboxylic acids is 1. The number of nitrogens with one attached hydrogen (secondary N) is 1. The molecule has 0 bridgehead atoms. The molecule has 1 fully saturated rings. The molecular formula is C15H22N2O2. The molecule has 4 nitrogen and oxygen atoms in total. The van der Waals surface area contributed by atoms with E-state index in [1.165, 1.54) is 6.42 Å². The van der Waals surface area contributed by atoms with Gasteiger partial charge in [0.2, 0.25) is 0 Å². The fourth-order valence-electron chi connectivity index (χ4n) is 2.58. The van der Waals surface area contributed by atoms with Crippen LogP contribution >= 0.6 is 0 Å². The van der Waals surface area contributed by atoms with Crippen molar-refractivity contribution in [3.05, 3.63) is 29.3 Å². The number of aryl methyl sites for hydroxylation is 1. The molecule has 1 aromatic carbocycles. The number of benzene rings is 1. The van der Waals surface area contributed by atoms with Crippen molar-refractivity contribution in [1.29, 1.82) is 0 Å². The van der Waals surface area contributed by atoms with Crippen molar-refractivity contribution in [2.45, 2.75) is 19.8 Å². The molecule has 1 aliphatic rings. The fourth-order valence-corrected chi connectivity index (χ4v) is 2.58. The van der Waals surface area contributed by atoms with Crippen molar-refractivity contribution in [3.8, 4) is 5.75 Å². The summed E-state index contributed by atoms with van der Waals surface area (Å²) in [5.74, 6) is 0.469. The van der Waals surface area contributed by atoms with Gasteiger partial charge in [0.1, 0.15) is 5.75 Å². The number of hydrogen-bond acceptors (Lipinski definition) is 3. The zero-order valence-corrected chi connectivity index (χ0v) is 11.6. The third-order valence-corrected chi connectivity index (χ3v) is 3.66. The molecule has 0 radical (unpaired) electrons. The maximum atomic E-state index is 12.3. The Balaban J connectivity index is 2.01. The molecule has 2 rings (SSSR count). The van der Waals surface area contributed by atoms with Gasteiger partial charge in [0.25, 0.3) is 5.91 Å². The van der Waals surface area contributed by atoms with E-state index < -0.39 is 0 Å². The highest BCUT2D eigenvalue weighted by Gasteiger charge is 2.20. The SMILES string of the molecule is Cc1ccc(C(=O)N(C)CC2CCCNC2)c(O)c1. The first-order chi connectivity index (χ1) is 9.08. The quantitative estimate of drug-likeness (QED) is 0.873. The lowest BCUT2D eigenvalue weighted by molar-refractivity contribution is 0.0761. The minimum absolute atomic E-state index is 0.0682. The predicted molar refractivity (Wildman–Crippen MR) is 75.4 cm³/mol.